The molecule has 158 valence electrons. The number of oxime groups is 1. The highest BCUT2D eigenvalue weighted by Gasteiger charge is 2.18. The Morgan fingerprint density at radius 3 is 2.53 bits per heavy atom. The van der Waals surface area contributed by atoms with Gasteiger partial charge in [-0.2, -0.15) is 5.26 Å². The van der Waals surface area contributed by atoms with Gasteiger partial charge in [-0.25, -0.2) is 4.79 Å². The molecule has 1 aromatic heterocycles. The van der Waals surface area contributed by atoms with E-state index in [4.69, 9.17) is 4.84 Å². The Morgan fingerprint density at radius 2 is 1.75 bits per heavy atom. The number of hydrogen-bond donors (Lipinski definition) is 0. The molecule has 0 amide bonds. The van der Waals surface area contributed by atoms with E-state index in [-0.39, 0.29) is 12.4 Å². The summed E-state index contributed by atoms with van der Waals surface area (Å²) in [6, 6.07) is 25.8. The molecule has 4 aromatic rings. The van der Waals surface area contributed by atoms with Crippen LogP contribution in [0.3, 0.4) is 0 Å². The van der Waals surface area contributed by atoms with Crippen molar-refractivity contribution in [2.75, 3.05) is 0 Å². The van der Waals surface area contributed by atoms with Gasteiger partial charge in [-0.1, -0.05) is 66.7 Å². The third kappa shape index (κ3) is 4.17. The van der Waals surface area contributed by atoms with Crippen molar-refractivity contribution in [3.8, 4) is 11.8 Å². The summed E-state index contributed by atoms with van der Waals surface area (Å²) < 4.78 is 2.00. The number of benzene rings is 3. The summed E-state index contributed by atoms with van der Waals surface area (Å²) in [5, 5.41) is 14.9. The van der Waals surface area contributed by atoms with E-state index in [1.54, 1.807) is 13.0 Å². The second-order valence-corrected chi connectivity index (χ2v) is 7.52. The number of aryl methyl sites for hydroxylation is 1. The monoisotopic (exact) mass is 421 g/mol. The first-order valence-electron chi connectivity index (χ1n) is 10.5. The molecule has 4 rings (SSSR count). The summed E-state index contributed by atoms with van der Waals surface area (Å²) in [7, 11) is 0. The number of para-hydroxylation sites is 2. The van der Waals surface area contributed by atoms with Crippen molar-refractivity contribution in [1.29, 1.82) is 5.26 Å². The second kappa shape index (κ2) is 9.32. The molecule has 0 aliphatic heterocycles. The number of hydrogen-bond acceptors (Lipinski definition) is 4. The van der Waals surface area contributed by atoms with Crippen LogP contribution in [0.4, 0.5) is 0 Å². The Kier molecular flexibility index (Phi) is 6.14. The molecular formula is C27H23N3O2. The zero-order chi connectivity index (χ0) is 22.5. The third-order valence-electron chi connectivity index (χ3n) is 5.47. The van der Waals surface area contributed by atoms with Gasteiger partial charge in [0.25, 0.3) is 0 Å². The van der Waals surface area contributed by atoms with Crippen LogP contribution < -0.4 is 0 Å². The van der Waals surface area contributed by atoms with E-state index in [9.17, 15) is 10.1 Å². The first kappa shape index (κ1) is 21.1. The molecule has 0 aliphatic carbocycles. The first-order chi connectivity index (χ1) is 15.6. The Bertz CT molecular complexity index is 1360. The SMILES string of the molecule is CCC(=O)O/N=C(\Cc1ccccc1C)c1cn(-c2ccccc2C#N)c2ccccc12. The minimum atomic E-state index is -0.383. The minimum Gasteiger partial charge on any atom is -0.318 e. The van der Waals surface area contributed by atoms with Crippen molar-refractivity contribution in [3.05, 3.63) is 101 Å². The van der Waals surface area contributed by atoms with Crippen LogP contribution in [0.5, 0.6) is 0 Å². The largest absolute Gasteiger partial charge is 0.334 e. The molecule has 0 N–H and O–H groups in total. The Balaban J connectivity index is 1.90. The van der Waals surface area contributed by atoms with Crippen LogP contribution in [0.25, 0.3) is 16.6 Å². The van der Waals surface area contributed by atoms with E-state index >= 15 is 0 Å². The smallest absolute Gasteiger partial charge is 0.318 e. The van der Waals surface area contributed by atoms with E-state index in [0.29, 0.717) is 17.7 Å². The van der Waals surface area contributed by atoms with Crippen molar-refractivity contribution in [2.24, 2.45) is 5.16 Å². The van der Waals surface area contributed by atoms with Crippen LogP contribution >= 0.6 is 0 Å². The quantitative estimate of drug-likeness (QED) is 0.227. The zero-order valence-corrected chi connectivity index (χ0v) is 18.1. The lowest BCUT2D eigenvalue weighted by Gasteiger charge is -2.08. The Hall–Kier alpha value is -4.17. The lowest BCUT2D eigenvalue weighted by molar-refractivity contribution is -0.143. The Labute approximate surface area is 187 Å². The molecule has 0 saturated carbocycles. The number of aromatic nitrogens is 1. The van der Waals surface area contributed by atoms with Gasteiger partial charge in [-0.3, -0.25) is 0 Å². The fraction of sp³-hybridized carbons (Fsp3) is 0.148. The van der Waals surface area contributed by atoms with Crippen molar-refractivity contribution >= 4 is 22.6 Å². The van der Waals surface area contributed by atoms with Gasteiger partial charge in [-0.15, -0.1) is 0 Å². The third-order valence-corrected chi connectivity index (χ3v) is 5.47. The summed E-state index contributed by atoms with van der Waals surface area (Å²) in [5.41, 5.74) is 6.08. The standard InChI is InChI=1S/C27H23N3O2/c1-3-27(31)32-29-24(16-20-11-5-4-10-19(20)2)23-18-30(26-15-9-7-13-22(23)26)25-14-8-6-12-21(25)17-28/h4-15,18H,3,16H2,1-2H3/b29-24+. The number of nitriles is 1. The summed E-state index contributed by atoms with van der Waals surface area (Å²) in [4.78, 5) is 17.1. The summed E-state index contributed by atoms with van der Waals surface area (Å²) in [5.74, 6) is -0.383. The van der Waals surface area contributed by atoms with E-state index in [1.165, 1.54) is 0 Å². The van der Waals surface area contributed by atoms with Gasteiger partial charge >= 0.3 is 5.97 Å². The van der Waals surface area contributed by atoms with Gasteiger partial charge in [0.15, 0.2) is 0 Å². The lowest BCUT2D eigenvalue weighted by Crippen LogP contribution is -2.09. The van der Waals surface area contributed by atoms with E-state index in [0.717, 1.165) is 33.3 Å². The molecule has 5 heteroatoms. The van der Waals surface area contributed by atoms with Crippen LogP contribution in [-0.2, 0) is 16.1 Å². The van der Waals surface area contributed by atoms with Crippen LogP contribution in [0, 0.1) is 18.3 Å². The molecule has 0 fully saturated rings. The van der Waals surface area contributed by atoms with Crippen molar-refractivity contribution < 1.29 is 9.63 Å². The lowest BCUT2D eigenvalue weighted by atomic mass is 9.98. The highest BCUT2D eigenvalue weighted by Crippen LogP contribution is 2.28. The van der Waals surface area contributed by atoms with Gasteiger partial charge in [0, 0.05) is 30.0 Å². The van der Waals surface area contributed by atoms with Crippen LogP contribution in [0.2, 0.25) is 0 Å². The minimum absolute atomic E-state index is 0.248. The fourth-order valence-electron chi connectivity index (χ4n) is 3.72. The fourth-order valence-corrected chi connectivity index (χ4v) is 3.72. The topological polar surface area (TPSA) is 67.4 Å². The molecule has 1 heterocycles. The average molecular weight is 422 g/mol. The molecule has 0 aliphatic rings. The van der Waals surface area contributed by atoms with Gasteiger partial charge in [-0.05, 0) is 36.2 Å². The van der Waals surface area contributed by atoms with Crippen LogP contribution in [0.15, 0.2) is 84.1 Å². The molecule has 0 bridgehead atoms. The second-order valence-electron chi connectivity index (χ2n) is 7.52. The van der Waals surface area contributed by atoms with Gasteiger partial charge in [0.1, 0.15) is 6.07 Å². The maximum atomic E-state index is 11.9. The molecular weight excluding hydrogens is 398 g/mol. The average Bonchev–Trinajstić information content (AvgIpc) is 3.22. The van der Waals surface area contributed by atoms with E-state index < -0.39 is 0 Å². The van der Waals surface area contributed by atoms with E-state index in [1.807, 2.05) is 65.4 Å². The summed E-state index contributed by atoms with van der Waals surface area (Å²) >= 11 is 0. The van der Waals surface area contributed by atoms with Crippen LogP contribution in [0.1, 0.15) is 35.6 Å². The van der Waals surface area contributed by atoms with Crippen molar-refractivity contribution in [3.63, 3.8) is 0 Å². The van der Waals surface area contributed by atoms with Gasteiger partial charge in [0.2, 0.25) is 0 Å². The Morgan fingerprint density at radius 1 is 1.03 bits per heavy atom. The molecule has 32 heavy (non-hydrogen) atoms. The van der Waals surface area contributed by atoms with Gasteiger partial charge in [0.05, 0.1) is 22.5 Å². The maximum absolute atomic E-state index is 11.9. The molecule has 0 unspecified atom stereocenters. The van der Waals surface area contributed by atoms with Crippen molar-refractivity contribution in [1.82, 2.24) is 4.57 Å². The molecule has 5 nitrogen and oxygen atoms in total. The highest BCUT2D eigenvalue weighted by molar-refractivity contribution is 6.12. The molecule has 3 aromatic carbocycles. The number of carbonyl (C=O) groups is 1. The number of rotatable bonds is 6. The molecule has 0 atom stereocenters. The van der Waals surface area contributed by atoms with Crippen LogP contribution in [-0.4, -0.2) is 16.2 Å². The highest BCUT2D eigenvalue weighted by atomic mass is 16.7. The number of fused-ring (bicyclic) bond motifs is 1. The molecule has 0 saturated heterocycles. The zero-order valence-electron chi connectivity index (χ0n) is 18.1. The summed E-state index contributed by atoms with van der Waals surface area (Å²) in [6.07, 6.45) is 2.73. The summed E-state index contributed by atoms with van der Waals surface area (Å²) in [6.45, 7) is 3.79. The number of carbonyl (C=O) groups excluding carboxylic acids is 1. The van der Waals surface area contributed by atoms with Crippen molar-refractivity contribution in [2.45, 2.75) is 26.7 Å². The molecule has 0 radical (unpaired) electrons. The number of nitrogens with zero attached hydrogens (tertiary/aromatic N) is 3. The predicted octanol–water partition coefficient (Wildman–Crippen LogP) is 5.71. The maximum Gasteiger partial charge on any atom is 0.334 e. The first-order valence-corrected chi connectivity index (χ1v) is 10.5. The van der Waals surface area contributed by atoms with E-state index in [2.05, 4.69) is 30.3 Å². The van der Waals surface area contributed by atoms with Gasteiger partial charge < -0.3 is 9.40 Å². The molecule has 0 spiro atoms. The normalized spacial score (nSPS) is 11.3. The predicted molar refractivity (Wildman–Crippen MR) is 126 cm³/mol.